The fourth-order valence-electron chi connectivity index (χ4n) is 3.11. The zero-order valence-electron chi connectivity index (χ0n) is 12.2. The number of aryl methyl sites for hydroxylation is 1. The average molecular weight is 267 g/mol. The van der Waals surface area contributed by atoms with Crippen LogP contribution in [-0.4, -0.2) is 21.4 Å². The van der Waals surface area contributed by atoms with Crippen LogP contribution in [0.1, 0.15) is 52.8 Å². The number of aromatic nitrogens is 2. The van der Waals surface area contributed by atoms with E-state index in [1.165, 1.54) is 19.3 Å². The van der Waals surface area contributed by atoms with Gasteiger partial charge >= 0.3 is 0 Å². The highest BCUT2D eigenvalue weighted by Gasteiger charge is 2.35. The second-order valence-electron chi connectivity index (χ2n) is 5.92. The van der Waals surface area contributed by atoms with Gasteiger partial charge in [-0.25, -0.2) is 4.98 Å². The van der Waals surface area contributed by atoms with E-state index in [9.17, 15) is 0 Å². The van der Waals surface area contributed by atoms with Crippen molar-refractivity contribution in [2.45, 2.75) is 66.0 Å². The molecule has 0 radical (unpaired) electrons. The third-order valence-corrected chi connectivity index (χ3v) is 5.06. The zero-order valence-corrected chi connectivity index (χ0v) is 13.0. The molecule has 4 heteroatoms. The largest absolute Gasteiger partial charge is 0.341 e. The lowest BCUT2D eigenvalue weighted by atomic mass is 9.79. The summed E-state index contributed by atoms with van der Waals surface area (Å²) in [4.78, 5) is 7.10. The Morgan fingerprint density at radius 1 is 1.39 bits per heavy atom. The Labute approximate surface area is 115 Å². The number of anilines is 1. The van der Waals surface area contributed by atoms with Crippen molar-refractivity contribution in [2.75, 3.05) is 4.90 Å². The minimum atomic E-state index is 0.587. The van der Waals surface area contributed by atoms with Crippen LogP contribution >= 0.6 is 11.5 Å². The standard InChI is InChI=1S/C14H25N3S/c1-6-13-8-12(9(2)3)7-10(4)17(13)14-15-11(5)16-18-14/h9-10,12-13H,6-8H2,1-5H3. The molecule has 0 amide bonds. The van der Waals surface area contributed by atoms with Crippen molar-refractivity contribution in [3.8, 4) is 0 Å². The summed E-state index contributed by atoms with van der Waals surface area (Å²) in [6, 6.07) is 1.22. The molecule has 1 aromatic rings. The number of piperidine rings is 1. The lowest BCUT2D eigenvalue weighted by Crippen LogP contribution is -2.48. The van der Waals surface area contributed by atoms with Crippen molar-refractivity contribution in [1.29, 1.82) is 0 Å². The molecule has 102 valence electrons. The molecule has 18 heavy (non-hydrogen) atoms. The molecule has 3 unspecified atom stereocenters. The Morgan fingerprint density at radius 2 is 2.11 bits per heavy atom. The van der Waals surface area contributed by atoms with E-state index in [4.69, 9.17) is 0 Å². The highest BCUT2D eigenvalue weighted by molar-refractivity contribution is 7.09. The van der Waals surface area contributed by atoms with E-state index in [-0.39, 0.29) is 0 Å². The predicted molar refractivity (Wildman–Crippen MR) is 78.2 cm³/mol. The van der Waals surface area contributed by atoms with Crippen molar-refractivity contribution in [1.82, 2.24) is 9.36 Å². The lowest BCUT2D eigenvalue weighted by Gasteiger charge is -2.45. The quantitative estimate of drug-likeness (QED) is 0.832. The predicted octanol–water partition coefficient (Wildman–Crippen LogP) is 3.89. The fourth-order valence-corrected chi connectivity index (χ4v) is 3.97. The minimum absolute atomic E-state index is 0.587. The number of hydrogen-bond acceptors (Lipinski definition) is 4. The van der Waals surface area contributed by atoms with E-state index >= 15 is 0 Å². The molecule has 3 atom stereocenters. The van der Waals surface area contributed by atoms with Crippen LogP contribution in [0.5, 0.6) is 0 Å². The van der Waals surface area contributed by atoms with E-state index in [2.05, 4.69) is 42.0 Å². The van der Waals surface area contributed by atoms with Crippen LogP contribution in [0.2, 0.25) is 0 Å². The summed E-state index contributed by atoms with van der Waals surface area (Å²) in [6.45, 7) is 11.3. The van der Waals surface area contributed by atoms with Gasteiger partial charge in [0, 0.05) is 23.6 Å². The molecule has 1 aliphatic rings. The van der Waals surface area contributed by atoms with Crippen LogP contribution in [-0.2, 0) is 0 Å². The normalized spacial score (nSPS) is 29.0. The monoisotopic (exact) mass is 267 g/mol. The van der Waals surface area contributed by atoms with E-state index in [1.54, 1.807) is 11.5 Å². The highest BCUT2D eigenvalue weighted by atomic mass is 32.1. The van der Waals surface area contributed by atoms with Gasteiger partial charge in [0.2, 0.25) is 5.13 Å². The summed E-state index contributed by atoms with van der Waals surface area (Å²) in [5, 5.41) is 1.12. The zero-order chi connectivity index (χ0) is 13.3. The molecule has 0 saturated carbocycles. The summed E-state index contributed by atoms with van der Waals surface area (Å²) in [5.74, 6) is 2.55. The molecule has 0 aromatic carbocycles. The molecular weight excluding hydrogens is 242 g/mol. The van der Waals surface area contributed by atoms with Crippen LogP contribution in [0.4, 0.5) is 5.13 Å². The molecule has 1 aliphatic heterocycles. The number of nitrogens with zero attached hydrogens (tertiary/aromatic N) is 3. The number of rotatable bonds is 3. The van der Waals surface area contributed by atoms with Crippen LogP contribution in [0.3, 0.4) is 0 Å². The SMILES string of the molecule is CCC1CC(C(C)C)CC(C)N1c1nc(C)ns1. The van der Waals surface area contributed by atoms with Gasteiger partial charge in [0.25, 0.3) is 0 Å². The molecule has 1 saturated heterocycles. The number of hydrogen-bond donors (Lipinski definition) is 0. The van der Waals surface area contributed by atoms with Crippen LogP contribution in [0.25, 0.3) is 0 Å². The first-order chi connectivity index (χ1) is 8.52. The summed E-state index contributed by atoms with van der Waals surface area (Å²) >= 11 is 1.55. The lowest BCUT2D eigenvalue weighted by molar-refractivity contribution is 0.233. The molecule has 0 bridgehead atoms. The van der Waals surface area contributed by atoms with Gasteiger partial charge in [0.05, 0.1) is 0 Å². The van der Waals surface area contributed by atoms with Crippen LogP contribution in [0.15, 0.2) is 0 Å². The third kappa shape index (κ3) is 2.68. The van der Waals surface area contributed by atoms with Crippen molar-refractivity contribution >= 4 is 16.7 Å². The summed E-state index contributed by atoms with van der Waals surface area (Å²) in [6.07, 6.45) is 3.79. The molecule has 1 fully saturated rings. The summed E-state index contributed by atoms with van der Waals surface area (Å²) in [5.41, 5.74) is 0. The van der Waals surface area contributed by atoms with Gasteiger partial charge in [-0.1, -0.05) is 20.8 Å². The summed E-state index contributed by atoms with van der Waals surface area (Å²) < 4.78 is 4.34. The first kappa shape index (κ1) is 13.8. The highest BCUT2D eigenvalue weighted by Crippen LogP contribution is 2.37. The molecular formula is C14H25N3S. The Kier molecular flexibility index (Phi) is 4.25. The van der Waals surface area contributed by atoms with E-state index < -0.39 is 0 Å². The molecule has 0 aliphatic carbocycles. The topological polar surface area (TPSA) is 29.0 Å². The molecule has 0 spiro atoms. The second kappa shape index (κ2) is 5.55. The van der Waals surface area contributed by atoms with E-state index in [0.717, 1.165) is 22.8 Å². The maximum absolute atomic E-state index is 4.59. The van der Waals surface area contributed by atoms with Gasteiger partial charge in [-0.2, -0.15) is 4.37 Å². The molecule has 1 aromatic heterocycles. The Bertz CT molecular complexity index is 388. The van der Waals surface area contributed by atoms with Gasteiger partial charge in [0.15, 0.2) is 0 Å². The van der Waals surface area contributed by atoms with E-state index in [1.807, 2.05) is 6.92 Å². The maximum atomic E-state index is 4.59. The van der Waals surface area contributed by atoms with Gasteiger partial charge in [-0.05, 0) is 44.9 Å². The van der Waals surface area contributed by atoms with Gasteiger partial charge < -0.3 is 4.90 Å². The van der Waals surface area contributed by atoms with Crippen LogP contribution in [0, 0.1) is 18.8 Å². The van der Waals surface area contributed by atoms with Gasteiger partial charge in [0.1, 0.15) is 5.82 Å². The Balaban J connectivity index is 2.19. The van der Waals surface area contributed by atoms with E-state index in [0.29, 0.717) is 12.1 Å². The van der Waals surface area contributed by atoms with Crippen molar-refractivity contribution in [3.05, 3.63) is 5.82 Å². The first-order valence-corrected chi connectivity index (χ1v) is 7.88. The smallest absolute Gasteiger partial charge is 0.205 e. The first-order valence-electron chi connectivity index (χ1n) is 7.11. The Hall–Kier alpha value is -0.640. The molecule has 3 nitrogen and oxygen atoms in total. The van der Waals surface area contributed by atoms with Gasteiger partial charge in [-0.3, -0.25) is 0 Å². The van der Waals surface area contributed by atoms with Crippen molar-refractivity contribution in [3.63, 3.8) is 0 Å². The fraction of sp³-hybridized carbons (Fsp3) is 0.857. The summed E-state index contributed by atoms with van der Waals surface area (Å²) in [7, 11) is 0. The average Bonchev–Trinajstić information content (AvgIpc) is 2.74. The molecule has 0 N–H and O–H groups in total. The van der Waals surface area contributed by atoms with Crippen molar-refractivity contribution < 1.29 is 0 Å². The minimum Gasteiger partial charge on any atom is -0.341 e. The second-order valence-corrected chi connectivity index (χ2v) is 6.65. The van der Waals surface area contributed by atoms with Crippen molar-refractivity contribution in [2.24, 2.45) is 11.8 Å². The maximum Gasteiger partial charge on any atom is 0.205 e. The third-order valence-electron chi connectivity index (χ3n) is 4.24. The van der Waals surface area contributed by atoms with Crippen LogP contribution < -0.4 is 4.90 Å². The molecule has 2 rings (SSSR count). The molecule has 2 heterocycles. The van der Waals surface area contributed by atoms with Gasteiger partial charge in [-0.15, -0.1) is 0 Å². The Morgan fingerprint density at radius 3 is 2.61 bits per heavy atom.